The van der Waals surface area contributed by atoms with Gasteiger partial charge in [0.15, 0.2) is 0 Å². The van der Waals surface area contributed by atoms with E-state index in [4.69, 9.17) is 2.49 Å². The van der Waals surface area contributed by atoms with Crippen molar-refractivity contribution in [2.75, 3.05) is 0 Å². The van der Waals surface area contributed by atoms with E-state index in [0.717, 1.165) is 0 Å². The van der Waals surface area contributed by atoms with Crippen LogP contribution in [0, 0.1) is 0 Å². The van der Waals surface area contributed by atoms with E-state index in [1.54, 1.807) is 0 Å². The van der Waals surface area contributed by atoms with Crippen LogP contribution in [-0.2, 0) is 0 Å². The van der Waals surface area contributed by atoms with Crippen molar-refractivity contribution in [3.63, 3.8) is 0 Å². The van der Waals surface area contributed by atoms with Crippen molar-refractivity contribution in [3.05, 3.63) is 0 Å². The molecular formula is C3H18S2. The summed E-state index contributed by atoms with van der Waals surface area (Å²) in [4.78, 5) is 0. The van der Waals surface area contributed by atoms with Crippen LogP contribution < -0.4 is 0 Å². The fourth-order valence-corrected chi connectivity index (χ4v) is 0. The molecule has 0 amide bonds. The van der Waals surface area contributed by atoms with E-state index in [1.165, 1.54) is 7.40 Å². The fourth-order valence-electron chi connectivity index (χ4n) is 0. The van der Waals surface area contributed by atoms with E-state index in [2.05, 4.69) is 13.4 Å². The monoisotopic (exact) mass is 123 g/mol. The van der Waals surface area contributed by atoms with Gasteiger partial charge in [-0.25, -0.2) is 0 Å². The summed E-state index contributed by atoms with van der Waals surface area (Å²) < 4.78 is 11.2. The van der Waals surface area contributed by atoms with Crippen LogP contribution in [-0.4, -0.2) is 1.12 Å². The van der Waals surface area contributed by atoms with E-state index in [9.17, 15) is 0 Å². The minimum atomic E-state index is 0. The fraction of sp³-hybridized carbons (Fsp3) is 1.00. The summed E-state index contributed by atoms with van der Waals surface area (Å²) in [5.74, 6) is 0. The van der Waals surface area contributed by atoms with Crippen LogP contribution in [0.5, 0.6) is 0 Å². The zero-order chi connectivity index (χ0) is 4.00. The molecule has 0 aromatic rings. The van der Waals surface area contributed by atoms with Gasteiger partial charge in [0.2, 0.25) is 0 Å². The first-order chi connectivity index (χ1) is 2.00. The Balaban J connectivity index is -0.00000000167. The highest BCUT2D eigenvalue weighted by molar-refractivity contribution is 7.59. The highest BCUT2D eigenvalue weighted by atomic mass is 32.1. The summed E-state index contributed by atoms with van der Waals surface area (Å²) in [6.07, 6.45) is 0. The first kappa shape index (κ1) is 17.3. The zero-order valence-electron chi connectivity index (χ0n) is 3.95. The quantitative estimate of drug-likeness (QED) is 0.464. The van der Waals surface area contributed by atoms with Crippen molar-refractivity contribution in [1.82, 2.24) is 0 Å². The second-order valence-corrected chi connectivity index (χ2v) is 0. The lowest BCUT2D eigenvalue weighted by atomic mass is 12.0. The normalized spacial score (nSPS) is 2.80. The molecule has 2 heteroatoms. The molecule has 0 aliphatic carbocycles. The first-order valence-corrected chi connectivity index (χ1v) is 0. The third-order valence-electron chi connectivity index (χ3n) is 0. The van der Waals surface area contributed by atoms with Gasteiger partial charge in [-0.1, -0.05) is 22.3 Å². The highest BCUT2D eigenvalue weighted by Crippen LogP contribution is 0.649. The van der Waals surface area contributed by atoms with Crippen LogP contribution in [0.3, 0.4) is 0 Å². The molecule has 0 rings (SSSR count). The van der Waals surface area contributed by atoms with Crippen molar-refractivity contribution in [3.8, 4) is 0 Å². The van der Waals surface area contributed by atoms with Crippen molar-refractivity contribution in [2.24, 2.45) is 0 Å². The Hall–Kier alpha value is 0.700. The Bertz CT molecular complexity index is 12.5. The Morgan fingerprint density at radius 2 is 1.40 bits per heavy atom. The minimum absolute atomic E-state index is 0. The SMILES string of the molecule is C.C.S.[2H]S.[3HH].[3H]C. The molecule has 42 valence electrons. The second-order valence-electron chi connectivity index (χ2n) is 0. The van der Waals surface area contributed by atoms with Crippen molar-refractivity contribution < 1.29 is 2.80 Å². The van der Waals surface area contributed by atoms with Crippen LogP contribution in [0.25, 0.3) is 0 Å². The maximum Gasteiger partial charge on any atom is 0.0985 e. The summed E-state index contributed by atoms with van der Waals surface area (Å²) >= 11 is 2.78. The Labute approximate surface area is 53.8 Å². The maximum absolute atomic E-state index is 5.75. The molecule has 0 nitrogen and oxygen atoms in total. The molecule has 0 bridgehead atoms. The molecule has 0 atom stereocenters. The third kappa shape index (κ3) is 69.9. The summed E-state index contributed by atoms with van der Waals surface area (Å²) in [6, 6.07) is 0. The van der Waals surface area contributed by atoms with E-state index in [-0.39, 0.29) is 29.8 Å². The molecule has 0 spiro atoms. The van der Waals surface area contributed by atoms with Crippen LogP contribution in [0.15, 0.2) is 0 Å². The number of hydrogen-bond donors (Lipinski definition) is 0. The van der Waals surface area contributed by atoms with Gasteiger partial charge in [0, 0.05) is 2.80 Å². The smallest absolute Gasteiger partial charge is 0.0985 e. The predicted octanol–water partition coefficient (Wildman–Crippen LogP) is 2.38. The number of hydrogen-bond acceptors (Lipinski definition) is 0. The Morgan fingerprint density at radius 1 is 1.40 bits per heavy atom. The molecule has 0 aromatic carbocycles. The molecule has 0 heterocycles. The van der Waals surface area contributed by atoms with Crippen LogP contribution in [0.4, 0.5) is 0 Å². The molecule has 0 fully saturated rings. The van der Waals surface area contributed by atoms with Gasteiger partial charge < -0.3 is 0 Å². The van der Waals surface area contributed by atoms with Crippen LogP contribution in [0.2, 0.25) is 0 Å². The lowest BCUT2D eigenvalue weighted by Gasteiger charge is -0.198. The van der Waals surface area contributed by atoms with E-state index in [1.807, 2.05) is 0 Å². The number of rotatable bonds is 0. The minimum Gasteiger partial charge on any atom is -0.197 e. The van der Waals surface area contributed by atoms with E-state index < -0.39 is 0 Å². The van der Waals surface area contributed by atoms with Gasteiger partial charge >= 0.3 is 0 Å². The lowest BCUT2D eigenvalue weighted by Crippen LogP contribution is 0.143. The molecule has 0 aliphatic heterocycles. The molecule has 0 saturated heterocycles. The highest BCUT2D eigenvalue weighted by Gasteiger charge is -0.0755. The molecule has 0 aromatic heterocycles. The van der Waals surface area contributed by atoms with Crippen LogP contribution >= 0.6 is 26.9 Å². The summed E-state index contributed by atoms with van der Waals surface area (Å²) in [5, 5.41) is 0. The molecule has 0 radical (unpaired) electrons. The van der Waals surface area contributed by atoms with Gasteiger partial charge in [-0.15, -0.1) is 0 Å². The molecule has 0 N–H and O–H groups in total. The van der Waals surface area contributed by atoms with Crippen molar-refractivity contribution >= 4 is 26.9 Å². The van der Waals surface area contributed by atoms with Gasteiger partial charge in [-0.2, -0.15) is 26.9 Å². The van der Waals surface area contributed by atoms with Crippen molar-refractivity contribution in [2.45, 2.75) is 22.3 Å². The largest absolute Gasteiger partial charge is 0.197 e. The summed E-state index contributed by atoms with van der Waals surface area (Å²) in [6.45, 7) is 0. The van der Waals surface area contributed by atoms with Gasteiger partial charge in [0.05, 0.1) is 1.12 Å². The Morgan fingerprint density at radius 3 is 1.40 bits per heavy atom. The lowest BCUT2D eigenvalue weighted by molar-refractivity contribution is 2.50. The van der Waals surface area contributed by atoms with Gasteiger partial charge in [-0.3, -0.25) is 0 Å². The molecule has 0 saturated carbocycles. The average molecular weight is 123 g/mol. The average Bonchev–Trinajstić information content (AvgIpc) is 1.50. The molecule has 0 aliphatic rings. The standard InChI is InChI=1S/3CH4.2H2S.H2/h3*1H4;2*1H2;1H/i1T;;;;;1+2/hD. The zero-order valence-corrected chi connectivity index (χ0v) is 3.84. The van der Waals surface area contributed by atoms with Gasteiger partial charge in [0.1, 0.15) is 0 Å². The summed E-state index contributed by atoms with van der Waals surface area (Å²) in [5.41, 5.74) is 0. The van der Waals surface area contributed by atoms with E-state index in [0.29, 0.717) is 0 Å². The topological polar surface area (TPSA) is 0 Å². The van der Waals surface area contributed by atoms with Gasteiger partial charge in [-0.05, 0) is 0 Å². The molecular weight excluding hydrogens is 100 g/mol. The predicted molar refractivity (Wildman–Crippen MR) is 43.1 cm³/mol. The third-order valence-corrected chi connectivity index (χ3v) is 0. The van der Waals surface area contributed by atoms with E-state index >= 15 is 0 Å². The molecule has 0 unspecified atom stereocenters. The van der Waals surface area contributed by atoms with Crippen molar-refractivity contribution in [1.29, 1.82) is 1.12 Å². The summed E-state index contributed by atoms with van der Waals surface area (Å²) in [7, 11) is 1.25. The maximum atomic E-state index is 5.75. The Kier molecular flexibility index (Phi) is 454. The van der Waals surface area contributed by atoms with Gasteiger partial charge in [0.25, 0.3) is 0 Å². The first-order valence-electron chi connectivity index (χ1n) is 1.45. The second kappa shape index (κ2) is 131. The van der Waals surface area contributed by atoms with Crippen LogP contribution in [0.1, 0.15) is 25.1 Å². The molecule has 5 heavy (non-hydrogen) atoms.